The molecular weight excluding hydrogens is 216 g/mol. The van der Waals surface area contributed by atoms with Gasteiger partial charge in [0.15, 0.2) is 0 Å². The van der Waals surface area contributed by atoms with Gasteiger partial charge in [-0.15, -0.1) is 11.3 Å². The van der Waals surface area contributed by atoms with Gasteiger partial charge in [-0.3, -0.25) is 0 Å². The summed E-state index contributed by atoms with van der Waals surface area (Å²) >= 11 is 1.83. The van der Waals surface area contributed by atoms with E-state index in [9.17, 15) is 0 Å². The van der Waals surface area contributed by atoms with E-state index in [1.54, 1.807) is 0 Å². The first-order chi connectivity index (χ1) is 7.72. The Hall–Kier alpha value is -0.410. The molecule has 0 aliphatic carbocycles. The Kier molecular flexibility index (Phi) is 6.65. The molecule has 0 aromatic carbocycles. The van der Waals surface area contributed by atoms with E-state index >= 15 is 0 Å². The van der Waals surface area contributed by atoms with E-state index in [4.69, 9.17) is 0 Å². The SMILES string of the molecule is CCc1ncc(CNCCCCC(C)C)s1. The maximum atomic E-state index is 4.35. The second-order valence-electron chi connectivity index (χ2n) is 4.64. The molecule has 1 aromatic heterocycles. The van der Waals surface area contributed by atoms with Gasteiger partial charge in [-0.1, -0.05) is 33.6 Å². The van der Waals surface area contributed by atoms with Gasteiger partial charge in [0.05, 0.1) is 5.01 Å². The number of rotatable bonds is 8. The molecule has 0 radical (unpaired) electrons. The van der Waals surface area contributed by atoms with Gasteiger partial charge in [-0.2, -0.15) is 0 Å². The van der Waals surface area contributed by atoms with Crippen LogP contribution >= 0.6 is 11.3 Å². The first-order valence-electron chi connectivity index (χ1n) is 6.36. The molecule has 0 amide bonds. The smallest absolute Gasteiger partial charge is 0.0925 e. The van der Waals surface area contributed by atoms with E-state index in [0.717, 1.165) is 25.4 Å². The number of unbranched alkanes of at least 4 members (excludes halogenated alkanes) is 1. The quantitative estimate of drug-likeness (QED) is 0.702. The number of hydrogen-bond donors (Lipinski definition) is 1. The molecule has 0 fully saturated rings. The number of thiazole rings is 1. The fourth-order valence-corrected chi connectivity index (χ4v) is 2.44. The molecule has 0 unspecified atom stereocenters. The van der Waals surface area contributed by atoms with Crippen molar-refractivity contribution in [2.24, 2.45) is 5.92 Å². The molecule has 0 bridgehead atoms. The zero-order valence-electron chi connectivity index (χ0n) is 10.8. The summed E-state index contributed by atoms with van der Waals surface area (Å²) in [6, 6.07) is 0. The highest BCUT2D eigenvalue weighted by Gasteiger charge is 1.99. The van der Waals surface area contributed by atoms with Crippen LogP contribution in [0.25, 0.3) is 0 Å². The lowest BCUT2D eigenvalue weighted by Crippen LogP contribution is -2.13. The van der Waals surface area contributed by atoms with Crippen molar-refractivity contribution in [1.29, 1.82) is 0 Å². The van der Waals surface area contributed by atoms with Crippen molar-refractivity contribution in [1.82, 2.24) is 10.3 Å². The van der Waals surface area contributed by atoms with Crippen LogP contribution in [0.2, 0.25) is 0 Å². The van der Waals surface area contributed by atoms with E-state index in [2.05, 4.69) is 31.1 Å². The van der Waals surface area contributed by atoms with Crippen molar-refractivity contribution in [3.05, 3.63) is 16.1 Å². The molecule has 0 atom stereocenters. The van der Waals surface area contributed by atoms with Crippen LogP contribution in [0.1, 0.15) is 49.9 Å². The highest BCUT2D eigenvalue weighted by Crippen LogP contribution is 2.12. The summed E-state index contributed by atoms with van der Waals surface area (Å²) in [5.41, 5.74) is 0. The third kappa shape index (κ3) is 5.61. The minimum absolute atomic E-state index is 0.841. The number of hydrogen-bond acceptors (Lipinski definition) is 3. The molecule has 1 heterocycles. The van der Waals surface area contributed by atoms with Gasteiger partial charge in [-0.05, 0) is 25.3 Å². The average Bonchev–Trinajstić information content (AvgIpc) is 2.70. The molecule has 1 N–H and O–H groups in total. The topological polar surface area (TPSA) is 24.9 Å². The number of aryl methyl sites for hydroxylation is 1. The molecule has 1 rings (SSSR count). The second-order valence-corrected chi connectivity index (χ2v) is 5.84. The molecule has 0 saturated heterocycles. The molecule has 0 aliphatic heterocycles. The van der Waals surface area contributed by atoms with Gasteiger partial charge >= 0.3 is 0 Å². The minimum Gasteiger partial charge on any atom is -0.312 e. The van der Waals surface area contributed by atoms with E-state index < -0.39 is 0 Å². The molecule has 1 aromatic rings. The van der Waals surface area contributed by atoms with Crippen LogP contribution in [-0.2, 0) is 13.0 Å². The third-order valence-electron chi connectivity index (χ3n) is 2.59. The number of nitrogens with one attached hydrogen (secondary N) is 1. The van der Waals surface area contributed by atoms with Crippen molar-refractivity contribution in [3.63, 3.8) is 0 Å². The van der Waals surface area contributed by atoms with E-state index in [0.29, 0.717) is 0 Å². The maximum Gasteiger partial charge on any atom is 0.0925 e. The number of aromatic nitrogens is 1. The molecule has 16 heavy (non-hydrogen) atoms. The van der Waals surface area contributed by atoms with Gasteiger partial charge in [0.25, 0.3) is 0 Å². The van der Waals surface area contributed by atoms with Crippen LogP contribution in [0.15, 0.2) is 6.20 Å². The van der Waals surface area contributed by atoms with Crippen LogP contribution in [0.5, 0.6) is 0 Å². The Morgan fingerprint density at radius 3 is 2.81 bits per heavy atom. The standard InChI is InChI=1S/C13H24N2S/c1-4-13-15-10-12(16-13)9-14-8-6-5-7-11(2)3/h10-11,14H,4-9H2,1-3H3. The average molecular weight is 240 g/mol. The van der Waals surface area contributed by atoms with Crippen molar-refractivity contribution in [2.75, 3.05) is 6.54 Å². The zero-order chi connectivity index (χ0) is 11.8. The Labute approximate surface area is 103 Å². The molecular formula is C13H24N2S. The van der Waals surface area contributed by atoms with Gasteiger partial charge in [0, 0.05) is 17.6 Å². The van der Waals surface area contributed by atoms with Gasteiger partial charge in [0.2, 0.25) is 0 Å². The van der Waals surface area contributed by atoms with E-state index in [1.165, 1.54) is 29.1 Å². The summed E-state index contributed by atoms with van der Waals surface area (Å²) in [4.78, 5) is 5.71. The maximum absolute atomic E-state index is 4.35. The largest absolute Gasteiger partial charge is 0.312 e. The summed E-state index contributed by atoms with van der Waals surface area (Å²) in [6.45, 7) is 8.85. The monoisotopic (exact) mass is 240 g/mol. The molecule has 3 heteroatoms. The molecule has 92 valence electrons. The van der Waals surface area contributed by atoms with E-state index in [-0.39, 0.29) is 0 Å². The lowest BCUT2D eigenvalue weighted by molar-refractivity contribution is 0.521. The molecule has 2 nitrogen and oxygen atoms in total. The first kappa shape index (κ1) is 13.7. The minimum atomic E-state index is 0.841. The summed E-state index contributed by atoms with van der Waals surface area (Å²) in [6.07, 6.45) is 7.04. The highest BCUT2D eigenvalue weighted by molar-refractivity contribution is 7.11. The summed E-state index contributed by atoms with van der Waals surface area (Å²) in [5.74, 6) is 0.841. The van der Waals surface area contributed by atoms with Crippen LogP contribution in [-0.4, -0.2) is 11.5 Å². The van der Waals surface area contributed by atoms with Crippen LogP contribution in [0.3, 0.4) is 0 Å². The van der Waals surface area contributed by atoms with Gasteiger partial charge in [-0.25, -0.2) is 4.98 Å². The van der Waals surface area contributed by atoms with Crippen molar-refractivity contribution in [3.8, 4) is 0 Å². The fourth-order valence-electron chi connectivity index (χ4n) is 1.61. The first-order valence-corrected chi connectivity index (χ1v) is 7.18. The van der Waals surface area contributed by atoms with Gasteiger partial charge < -0.3 is 5.32 Å². The lowest BCUT2D eigenvalue weighted by atomic mass is 10.1. The Morgan fingerprint density at radius 1 is 1.38 bits per heavy atom. The summed E-state index contributed by atoms with van der Waals surface area (Å²) < 4.78 is 0. The highest BCUT2D eigenvalue weighted by atomic mass is 32.1. The van der Waals surface area contributed by atoms with E-state index in [1.807, 2.05) is 17.5 Å². The molecule has 0 aliphatic rings. The predicted octanol–water partition coefficient (Wildman–Crippen LogP) is 3.62. The summed E-state index contributed by atoms with van der Waals surface area (Å²) in [7, 11) is 0. The van der Waals surface area contributed by atoms with Crippen molar-refractivity contribution >= 4 is 11.3 Å². The number of nitrogens with zero attached hydrogens (tertiary/aromatic N) is 1. The fraction of sp³-hybridized carbons (Fsp3) is 0.769. The zero-order valence-corrected chi connectivity index (χ0v) is 11.6. The van der Waals surface area contributed by atoms with Crippen LogP contribution in [0, 0.1) is 5.92 Å². The molecule has 0 spiro atoms. The normalized spacial score (nSPS) is 11.2. The van der Waals surface area contributed by atoms with Gasteiger partial charge in [0.1, 0.15) is 0 Å². The second kappa shape index (κ2) is 7.80. The Bertz CT molecular complexity index is 281. The Balaban J connectivity index is 2.02. The Morgan fingerprint density at radius 2 is 2.19 bits per heavy atom. The van der Waals surface area contributed by atoms with Crippen molar-refractivity contribution in [2.45, 2.75) is 53.0 Å². The third-order valence-corrected chi connectivity index (χ3v) is 3.73. The van der Waals surface area contributed by atoms with Crippen LogP contribution < -0.4 is 5.32 Å². The lowest BCUT2D eigenvalue weighted by Gasteiger charge is -2.05. The predicted molar refractivity (Wildman–Crippen MR) is 71.9 cm³/mol. The van der Waals surface area contributed by atoms with Crippen LogP contribution in [0.4, 0.5) is 0 Å². The summed E-state index contributed by atoms with van der Waals surface area (Å²) in [5, 5.41) is 4.73. The van der Waals surface area contributed by atoms with Crippen molar-refractivity contribution < 1.29 is 0 Å². The molecule has 0 saturated carbocycles.